The van der Waals surface area contributed by atoms with Crippen LogP contribution in [0.1, 0.15) is 50.5 Å². The second kappa shape index (κ2) is 8.74. The number of benzene rings is 4. The van der Waals surface area contributed by atoms with Crippen LogP contribution < -0.4 is 0 Å². The van der Waals surface area contributed by atoms with Gasteiger partial charge in [-0.3, -0.25) is 0 Å². The number of rotatable bonds is 2. The Kier molecular flexibility index (Phi) is 5.05. The van der Waals surface area contributed by atoms with Crippen LogP contribution in [-0.2, 0) is 5.41 Å². The quantitative estimate of drug-likeness (QED) is 0.208. The zero-order chi connectivity index (χ0) is 29.8. The van der Waals surface area contributed by atoms with Crippen molar-refractivity contribution >= 4 is 38.9 Å². The van der Waals surface area contributed by atoms with Crippen LogP contribution in [0.15, 0.2) is 119 Å². The first-order chi connectivity index (χ1) is 21.4. The molecule has 0 N–H and O–H groups in total. The molecule has 0 fully saturated rings. The molecule has 3 nitrogen and oxygen atoms in total. The molecule has 2 atom stereocenters. The van der Waals surface area contributed by atoms with Gasteiger partial charge in [0.25, 0.3) is 0 Å². The van der Waals surface area contributed by atoms with Crippen molar-refractivity contribution in [3.05, 3.63) is 131 Å². The van der Waals surface area contributed by atoms with Gasteiger partial charge in [-0.2, -0.15) is 5.26 Å². The Morgan fingerprint density at radius 3 is 2.34 bits per heavy atom. The minimum atomic E-state index is -0.201. The summed E-state index contributed by atoms with van der Waals surface area (Å²) in [5, 5.41) is 13.9. The fraction of sp³-hybridized carbons (Fsp3) is 0.195. The van der Waals surface area contributed by atoms with Gasteiger partial charge in [-0.25, -0.2) is 0 Å². The molecule has 3 aliphatic rings. The molecule has 2 heterocycles. The highest BCUT2D eigenvalue weighted by molar-refractivity contribution is 6.10. The molecule has 0 radical (unpaired) electrons. The largest absolute Gasteiger partial charge is 0.459 e. The third-order valence-corrected chi connectivity index (χ3v) is 10.8. The predicted molar refractivity (Wildman–Crippen MR) is 180 cm³/mol. The molecule has 0 amide bonds. The van der Waals surface area contributed by atoms with Crippen LogP contribution in [0.25, 0.3) is 55.7 Å². The van der Waals surface area contributed by atoms with Gasteiger partial charge in [0, 0.05) is 33.2 Å². The first-order valence-corrected chi connectivity index (χ1v) is 15.6. The Morgan fingerprint density at radius 2 is 1.59 bits per heavy atom. The molecule has 2 aromatic heterocycles. The number of nitriles is 1. The van der Waals surface area contributed by atoms with Crippen molar-refractivity contribution in [1.82, 2.24) is 4.57 Å². The van der Waals surface area contributed by atoms with Gasteiger partial charge >= 0.3 is 0 Å². The average Bonchev–Trinajstić information content (AvgIpc) is 3.66. The van der Waals surface area contributed by atoms with E-state index >= 15 is 0 Å². The minimum absolute atomic E-state index is 0.0854. The van der Waals surface area contributed by atoms with Crippen LogP contribution in [-0.4, -0.2) is 4.57 Å². The van der Waals surface area contributed by atoms with E-state index in [0.717, 1.165) is 57.4 Å². The number of aromatic nitrogens is 1. The maximum atomic E-state index is 10.4. The highest BCUT2D eigenvalue weighted by atomic mass is 16.3. The normalized spacial score (nSPS) is 21.5. The Hall–Kier alpha value is -5.07. The van der Waals surface area contributed by atoms with Crippen molar-refractivity contribution in [3.63, 3.8) is 0 Å². The van der Waals surface area contributed by atoms with Crippen molar-refractivity contribution in [2.45, 2.75) is 39.0 Å². The Bertz CT molecular complexity index is 2290. The monoisotopic (exact) mass is 568 g/mol. The smallest absolute Gasteiger partial charge is 0.135 e. The van der Waals surface area contributed by atoms with Crippen LogP contribution in [0.3, 0.4) is 0 Å². The lowest BCUT2D eigenvalue weighted by Gasteiger charge is -2.39. The van der Waals surface area contributed by atoms with E-state index in [1.807, 2.05) is 12.1 Å². The van der Waals surface area contributed by atoms with Gasteiger partial charge in [0.2, 0.25) is 0 Å². The number of para-hydroxylation sites is 3. The van der Waals surface area contributed by atoms with Gasteiger partial charge in [0.15, 0.2) is 0 Å². The molecule has 0 saturated heterocycles. The van der Waals surface area contributed by atoms with Crippen molar-refractivity contribution in [2.75, 3.05) is 0 Å². The van der Waals surface area contributed by atoms with Gasteiger partial charge in [0.1, 0.15) is 17.4 Å². The summed E-state index contributed by atoms with van der Waals surface area (Å²) in [4.78, 5) is 0. The molecule has 44 heavy (non-hydrogen) atoms. The molecule has 6 aromatic rings. The molecule has 4 aromatic carbocycles. The first kappa shape index (κ1) is 25.4. The van der Waals surface area contributed by atoms with Crippen molar-refractivity contribution in [3.8, 4) is 22.9 Å². The summed E-state index contributed by atoms with van der Waals surface area (Å²) in [6.07, 6.45) is 11.7. The lowest BCUT2D eigenvalue weighted by molar-refractivity contribution is 0.240. The van der Waals surface area contributed by atoms with E-state index < -0.39 is 0 Å². The highest BCUT2D eigenvalue weighted by Gasteiger charge is 2.57. The number of nitrogens with zero attached hydrogens (tertiary/aromatic N) is 2. The van der Waals surface area contributed by atoms with Gasteiger partial charge in [-0.15, -0.1) is 0 Å². The molecular weight excluding hydrogens is 536 g/mol. The molecule has 9 rings (SSSR count). The number of hydrogen-bond donors (Lipinski definition) is 0. The maximum absolute atomic E-state index is 10.4. The van der Waals surface area contributed by atoms with E-state index in [1.165, 1.54) is 21.9 Å². The average molecular weight is 569 g/mol. The van der Waals surface area contributed by atoms with Crippen LogP contribution in [0.4, 0.5) is 0 Å². The lowest BCUT2D eigenvalue weighted by Crippen LogP contribution is -2.36. The highest BCUT2D eigenvalue weighted by Crippen LogP contribution is 2.64. The number of fused-ring (bicyclic) bond motifs is 9. The van der Waals surface area contributed by atoms with Gasteiger partial charge in [-0.05, 0) is 66.6 Å². The van der Waals surface area contributed by atoms with Crippen LogP contribution in [0.2, 0.25) is 0 Å². The summed E-state index contributed by atoms with van der Waals surface area (Å²) < 4.78 is 9.09. The van der Waals surface area contributed by atoms with Crippen LogP contribution >= 0.6 is 0 Å². The summed E-state index contributed by atoms with van der Waals surface area (Å²) in [5.41, 5.74) is 10.8. The van der Waals surface area contributed by atoms with Crippen molar-refractivity contribution in [2.24, 2.45) is 11.3 Å². The Balaban J connectivity index is 1.29. The molecule has 0 bridgehead atoms. The zero-order valence-corrected chi connectivity index (χ0v) is 25.2. The minimum Gasteiger partial charge on any atom is -0.459 e. The van der Waals surface area contributed by atoms with Crippen LogP contribution in [0.5, 0.6) is 0 Å². The second-order valence-electron chi connectivity index (χ2n) is 13.3. The van der Waals surface area contributed by atoms with Gasteiger partial charge in [-0.1, -0.05) is 98.3 Å². The van der Waals surface area contributed by atoms with E-state index in [4.69, 9.17) is 4.42 Å². The van der Waals surface area contributed by atoms with Crippen molar-refractivity contribution < 1.29 is 4.42 Å². The summed E-state index contributed by atoms with van der Waals surface area (Å²) in [6.45, 7) is 7.21. The van der Waals surface area contributed by atoms with Gasteiger partial charge in [0.05, 0.1) is 27.7 Å². The fourth-order valence-corrected chi connectivity index (χ4v) is 8.89. The number of hydrogen-bond acceptors (Lipinski definition) is 2. The molecule has 212 valence electrons. The number of allylic oxidation sites excluding steroid dienone is 5. The van der Waals surface area contributed by atoms with E-state index in [-0.39, 0.29) is 10.8 Å². The molecule has 3 heteroatoms. The molecule has 0 aliphatic heterocycles. The predicted octanol–water partition coefficient (Wildman–Crippen LogP) is 10.7. The molecular formula is C41H32N2O. The Labute approximate surface area is 257 Å². The first-order valence-electron chi connectivity index (χ1n) is 15.6. The zero-order valence-electron chi connectivity index (χ0n) is 25.2. The second-order valence-corrected chi connectivity index (χ2v) is 13.3. The van der Waals surface area contributed by atoms with E-state index in [0.29, 0.717) is 11.5 Å². The fourth-order valence-electron chi connectivity index (χ4n) is 8.89. The van der Waals surface area contributed by atoms with Gasteiger partial charge < -0.3 is 8.98 Å². The lowest BCUT2D eigenvalue weighted by atomic mass is 9.63. The Morgan fingerprint density at radius 1 is 0.841 bits per heavy atom. The maximum Gasteiger partial charge on any atom is 0.135 e. The molecule has 0 saturated carbocycles. The van der Waals surface area contributed by atoms with Crippen molar-refractivity contribution in [1.29, 1.82) is 5.26 Å². The summed E-state index contributed by atoms with van der Waals surface area (Å²) in [6, 6.07) is 32.1. The molecule has 2 unspecified atom stereocenters. The SMILES string of the molecule is CC1(C)C2=C(C=CCC2)C2(C)c3oc4ccc(-c5cccc(C#N)c5-n5c6ccccc6c6ccccc65)cc4c3C=CC12. The van der Waals surface area contributed by atoms with E-state index in [9.17, 15) is 5.26 Å². The van der Waals surface area contributed by atoms with E-state index in [1.54, 1.807) is 5.57 Å². The van der Waals surface area contributed by atoms with Crippen LogP contribution in [0, 0.1) is 22.7 Å². The topological polar surface area (TPSA) is 41.9 Å². The number of furan rings is 1. The molecule has 0 spiro atoms. The summed E-state index contributed by atoms with van der Waals surface area (Å²) in [7, 11) is 0. The van der Waals surface area contributed by atoms with E-state index in [2.05, 4.69) is 129 Å². The standard InChI is InChI=1S/C41H32N2O/c1-40(2)32-15-6-7-16-33(32)41(3)37(40)22-20-30-31-23-25(19-21-36(31)44-39(30)41)27-14-10-11-26(24-42)38(27)43-34-17-8-4-12-28(34)29-13-5-9-18-35(29)43/h4-5,7-14,16-23,37H,6,15H2,1-3H3. The molecule has 3 aliphatic carbocycles. The third-order valence-electron chi connectivity index (χ3n) is 10.8. The summed E-state index contributed by atoms with van der Waals surface area (Å²) in [5.74, 6) is 1.43. The summed E-state index contributed by atoms with van der Waals surface area (Å²) >= 11 is 0. The third kappa shape index (κ3) is 3.10.